The van der Waals surface area contributed by atoms with E-state index in [9.17, 15) is 0 Å². The van der Waals surface area contributed by atoms with E-state index in [-0.39, 0.29) is 33.5 Å². The maximum Gasteiger partial charge on any atom is 2.00 e. The molecule has 3 aromatic heterocycles. The van der Waals surface area contributed by atoms with Gasteiger partial charge in [-0.15, -0.1) is 35.7 Å². The summed E-state index contributed by atoms with van der Waals surface area (Å²) in [5, 5.41) is 2.23. The minimum atomic E-state index is -0.194. The van der Waals surface area contributed by atoms with E-state index in [1.165, 1.54) is 5.56 Å². The van der Waals surface area contributed by atoms with Gasteiger partial charge in [0, 0.05) is 35.1 Å². The van der Waals surface area contributed by atoms with Crippen molar-refractivity contribution in [1.29, 1.82) is 0 Å². The number of anilines is 4. The molecule has 0 aliphatic carbocycles. The molecule has 0 saturated heterocycles. The molecule has 52 heavy (non-hydrogen) atoms. The Balaban J connectivity index is 0.00000387. The van der Waals surface area contributed by atoms with Crippen LogP contribution in [0.1, 0.15) is 26.3 Å². The molecule has 0 atom stereocenters. The molecule has 1 aliphatic rings. The van der Waals surface area contributed by atoms with Crippen LogP contribution >= 0.6 is 0 Å². The Labute approximate surface area is 318 Å². The van der Waals surface area contributed by atoms with E-state index in [1.807, 2.05) is 54.9 Å². The third kappa shape index (κ3) is 5.85. The number of benzene rings is 5. The number of hydrogen-bond acceptors (Lipinski definition) is 5. The van der Waals surface area contributed by atoms with Crippen LogP contribution in [0.4, 0.5) is 22.9 Å². The fraction of sp³-hybridized carbons (Fsp3) is 0.0909. The van der Waals surface area contributed by atoms with Crippen LogP contribution in [0.15, 0.2) is 152 Å². The number of aromatic nitrogens is 3. The molecule has 0 fully saturated rings. The molecule has 1 aliphatic heterocycles. The van der Waals surface area contributed by atoms with Gasteiger partial charge >= 0.3 is 28.0 Å². The SMILES string of the molecule is CC(C)(C)c1ccnc(-n2c3[c-]c(Oc4[c-]c5c(cc4)N(c4ccccc4)B(c4ccccc4)N5c4ccccn4)ccc3c3ccccc32)c1.[Pt+2]. The van der Waals surface area contributed by atoms with Crippen LogP contribution < -0.4 is 19.8 Å². The second-order valence-corrected chi connectivity index (χ2v) is 13.8. The summed E-state index contributed by atoms with van der Waals surface area (Å²) in [4.78, 5) is 14.2. The Bertz CT molecular complexity index is 2520. The normalized spacial score (nSPS) is 12.6. The molecule has 0 saturated carbocycles. The van der Waals surface area contributed by atoms with E-state index in [0.717, 1.165) is 56.0 Å². The summed E-state index contributed by atoms with van der Waals surface area (Å²) in [7, 11) is 0. The van der Waals surface area contributed by atoms with Crippen molar-refractivity contribution >= 4 is 57.1 Å². The van der Waals surface area contributed by atoms with Crippen LogP contribution in [0.2, 0.25) is 0 Å². The molecular weight excluding hydrogens is 820 g/mol. The molecule has 0 bridgehead atoms. The average molecular weight is 855 g/mol. The molecule has 0 N–H and O–H groups in total. The molecule has 9 rings (SSSR count). The van der Waals surface area contributed by atoms with E-state index < -0.39 is 0 Å². The van der Waals surface area contributed by atoms with Gasteiger partial charge in [-0.25, -0.2) is 9.97 Å². The molecule has 0 spiro atoms. The standard InChI is InChI=1S/C44H34BN5O.Pt/c1-44(2,3)31-25-27-47-43(28-31)48-38-19-11-10-18-36(38)37-23-21-34(29-40(37)48)51-35-22-24-39-41(30-35)50(42-20-12-13-26-46-42)45(32-14-6-4-7-15-32)49(39)33-16-8-5-9-17-33;/h4-28H,1-3H3;/q-2;+2. The summed E-state index contributed by atoms with van der Waals surface area (Å²) in [6.07, 6.45) is 3.73. The first kappa shape index (κ1) is 33.5. The zero-order valence-electron chi connectivity index (χ0n) is 29.0. The van der Waals surface area contributed by atoms with Crippen molar-refractivity contribution in [3.05, 3.63) is 170 Å². The Morgan fingerprint density at radius 1 is 0.615 bits per heavy atom. The second-order valence-electron chi connectivity index (χ2n) is 13.8. The molecule has 5 aromatic carbocycles. The Hall–Kier alpha value is -5.65. The minimum absolute atomic E-state index is 0. The molecule has 4 heterocycles. The second kappa shape index (κ2) is 13.5. The topological polar surface area (TPSA) is 46.4 Å². The summed E-state index contributed by atoms with van der Waals surface area (Å²) in [6, 6.07) is 55.2. The molecule has 0 unspecified atom stereocenters. The fourth-order valence-electron chi connectivity index (χ4n) is 7.09. The van der Waals surface area contributed by atoms with Gasteiger partial charge in [-0.2, -0.15) is 6.07 Å². The third-order valence-corrected chi connectivity index (χ3v) is 9.51. The average Bonchev–Trinajstić information content (AvgIpc) is 3.68. The summed E-state index contributed by atoms with van der Waals surface area (Å²) in [6.45, 7) is 6.47. The van der Waals surface area contributed by atoms with Gasteiger partial charge in [-0.1, -0.05) is 110 Å². The van der Waals surface area contributed by atoms with Crippen molar-refractivity contribution in [2.45, 2.75) is 26.2 Å². The zero-order chi connectivity index (χ0) is 34.5. The number of nitrogens with zero attached hydrogens (tertiary/aromatic N) is 5. The van der Waals surface area contributed by atoms with Crippen LogP contribution in [0.5, 0.6) is 11.5 Å². The van der Waals surface area contributed by atoms with Gasteiger partial charge in [0.1, 0.15) is 11.6 Å². The van der Waals surface area contributed by atoms with E-state index in [1.54, 1.807) is 0 Å². The predicted molar refractivity (Wildman–Crippen MR) is 208 cm³/mol. The van der Waals surface area contributed by atoms with Crippen LogP contribution in [0, 0.1) is 12.1 Å². The molecule has 6 nitrogen and oxygen atoms in total. The summed E-state index contributed by atoms with van der Waals surface area (Å²) in [5.41, 5.74) is 7.27. The molecule has 8 aromatic rings. The number of ether oxygens (including phenoxy) is 1. The van der Waals surface area contributed by atoms with Crippen molar-refractivity contribution in [2.75, 3.05) is 9.62 Å². The number of pyridine rings is 2. The summed E-state index contributed by atoms with van der Waals surface area (Å²) >= 11 is 0. The number of hydrogen-bond donors (Lipinski definition) is 0. The predicted octanol–water partition coefficient (Wildman–Crippen LogP) is 9.95. The quantitative estimate of drug-likeness (QED) is 0.123. The van der Waals surface area contributed by atoms with Crippen LogP contribution in [0.25, 0.3) is 27.6 Å². The Morgan fingerprint density at radius 3 is 2.08 bits per heavy atom. The van der Waals surface area contributed by atoms with Crippen molar-refractivity contribution in [1.82, 2.24) is 14.5 Å². The summed E-state index contributed by atoms with van der Waals surface area (Å²) < 4.78 is 8.82. The first-order valence-corrected chi connectivity index (χ1v) is 17.2. The molecular formula is C44H34BN5OPt. The van der Waals surface area contributed by atoms with E-state index in [2.05, 4.69) is 144 Å². The van der Waals surface area contributed by atoms with Crippen LogP contribution in [-0.2, 0) is 26.5 Å². The smallest absolute Gasteiger partial charge is 0.509 e. The first-order valence-electron chi connectivity index (χ1n) is 17.2. The van der Waals surface area contributed by atoms with Gasteiger partial charge in [0.05, 0.1) is 0 Å². The zero-order valence-corrected chi connectivity index (χ0v) is 31.2. The first-order chi connectivity index (χ1) is 24.9. The van der Waals surface area contributed by atoms with E-state index in [0.29, 0.717) is 11.5 Å². The van der Waals surface area contributed by atoms with Gasteiger partial charge in [0.15, 0.2) is 0 Å². The molecule has 8 heteroatoms. The van der Waals surface area contributed by atoms with Gasteiger partial charge < -0.3 is 18.9 Å². The van der Waals surface area contributed by atoms with Crippen molar-refractivity contribution < 1.29 is 25.8 Å². The molecule has 0 radical (unpaired) electrons. The fourth-order valence-corrected chi connectivity index (χ4v) is 7.09. The van der Waals surface area contributed by atoms with Crippen molar-refractivity contribution in [3.63, 3.8) is 0 Å². The summed E-state index contributed by atoms with van der Waals surface area (Å²) in [5.74, 6) is 2.85. The van der Waals surface area contributed by atoms with Crippen molar-refractivity contribution in [3.8, 4) is 17.3 Å². The monoisotopic (exact) mass is 854 g/mol. The van der Waals surface area contributed by atoms with Gasteiger partial charge in [-0.3, -0.25) is 0 Å². The maximum atomic E-state index is 6.63. The van der Waals surface area contributed by atoms with Gasteiger partial charge in [0.25, 0.3) is 0 Å². The van der Waals surface area contributed by atoms with Crippen LogP contribution in [0.3, 0.4) is 0 Å². The Kier molecular flexibility index (Phi) is 8.68. The van der Waals surface area contributed by atoms with Crippen LogP contribution in [-0.4, -0.2) is 21.5 Å². The number of fused-ring (bicyclic) bond motifs is 4. The van der Waals surface area contributed by atoms with Gasteiger partial charge in [0.2, 0.25) is 0 Å². The third-order valence-electron chi connectivity index (χ3n) is 9.51. The number of rotatable bonds is 6. The molecule has 254 valence electrons. The largest absolute Gasteiger partial charge is 2.00 e. The van der Waals surface area contributed by atoms with Crippen molar-refractivity contribution in [2.24, 2.45) is 0 Å². The van der Waals surface area contributed by atoms with E-state index >= 15 is 0 Å². The Morgan fingerprint density at radius 2 is 1.31 bits per heavy atom. The number of para-hydroxylation sites is 2. The van der Waals surface area contributed by atoms with Gasteiger partial charge in [-0.05, 0) is 64.3 Å². The minimum Gasteiger partial charge on any atom is -0.509 e. The van der Waals surface area contributed by atoms with E-state index in [4.69, 9.17) is 14.7 Å². The maximum absolute atomic E-state index is 6.63. The molecule has 0 amide bonds.